The molecule has 0 aromatic heterocycles. The third-order valence-corrected chi connectivity index (χ3v) is 1.56. The van der Waals surface area contributed by atoms with E-state index in [0.29, 0.717) is 0 Å². The molecule has 70 valence electrons. The smallest absolute Gasteiger partial charge is 0.191 e. The van der Waals surface area contributed by atoms with E-state index in [4.69, 9.17) is 9.47 Å². The number of nitroso groups, excluding NO2 is 1. The number of hydrogen-bond donors (Lipinski definition) is 1. The highest BCUT2D eigenvalue weighted by atomic mass is 16.5. The maximum absolute atomic E-state index is 10.4. The van der Waals surface area contributed by atoms with E-state index in [9.17, 15) is 10.0 Å². The van der Waals surface area contributed by atoms with Crippen molar-refractivity contribution in [3.8, 4) is 17.2 Å². The molecule has 1 aromatic carbocycles. The highest BCUT2D eigenvalue weighted by Crippen LogP contribution is 2.40. The summed E-state index contributed by atoms with van der Waals surface area (Å²) in [5.74, 6) is 0.333. The third kappa shape index (κ3) is 1.69. The van der Waals surface area contributed by atoms with Crippen LogP contribution in [0.15, 0.2) is 17.3 Å². The Bertz CT molecular complexity index is 299. The Morgan fingerprint density at radius 3 is 2.00 bits per heavy atom. The second-order valence-electron chi connectivity index (χ2n) is 2.29. The summed E-state index contributed by atoms with van der Waals surface area (Å²) in [5, 5.41) is 11.9. The molecule has 0 heterocycles. The lowest BCUT2D eigenvalue weighted by atomic mass is 10.2. The van der Waals surface area contributed by atoms with Crippen molar-refractivity contribution in [1.29, 1.82) is 0 Å². The average molecular weight is 183 g/mol. The van der Waals surface area contributed by atoms with Crippen molar-refractivity contribution in [3.63, 3.8) is 0 Å². The van der Waals surface area contributed by atoms with E-state index in [1.54, 1.807) is 0 Å². The maximum atomic E-state index is 10.4. The monoisotopic (exact) mass is 183 g/mol. The molecule has 5 heteroatoms. The zero-order valence-corrected chi connectivity index (χ0v) is 7.27. The third-order valence-electron chi connectivity index (χ3n) is 1.56. The van der Waals surface area contributed by atoms with Gasteiger partial charge in [0, 0.05) is 12.1 Å². The fourth-order valence-electron chi connectivity index (χ4n) is 0.970. The van der Waals surface area contributed by atoms with Crippen LogP contribution in [0.3, 0.4) is 0 Å². The van der Waals surface area contributed by atoms with Crippen molar-refractivity contribution < 1.29 is 14.6 Å². The molecule has 0 aliphatic heterocycles. The van der Waals surface area contributed by atoms with Gasteiger partial charge in [-0.05, 0) is 5.18 Å². The molecule has 0 aliphatic carbocycles. The molecule has 0 saturated heterocycles. The zero-order valence-electron chi connectivity index (χ0n) is 7.27. The highest BCUT2D eigenvalue weighted by Gasteiger charge is 2.12. The van der Waals surface area contributed by atoms with Crippen LogP contribution in [0.1, 0.15) is 0 Å². The van der Waals surface area contributed by atoms with Gasteiger partial charge >= 0.3 is 0 Å². The van der Waals surface area contributed by atoms with Crippen LogP contribution < -0.4 is 9.47 Å². The number of phenolic OH excluding ortho intramolecular Hbond substituents is 1. The summed E-state index contributed by atoms with van der Waals surface area (Å²) in [6, 6.07) is 2.58. The first-order valence-corrected chi connectivity index (χ1v) is 3.51. The Labute approximate surface area is 74.9 Å². The predicted octanol–water partition coefficient (Wildman–Crippen LogP) is 1.81. The molecule has 0 bridgehead atoms. The minimum absolute atomic E-state index is 0.0406. The summed E-state index contributed by atoms with van der Waals surface area (Å²) < 4.78 is 9.65. The van der Waals surface area contributed by atoms with Crippen LogP contribution in [0.4, 0.5) is 5.69 Å². The summed E-state index contributed by atoms with van der Waals surface area (Å²) in [5.41, 5.74) is 0.0443. The molecule has 1 rings (SSSR count). The molecule has 0 unspecified atom stereocenters. The van der Waals surface area contributed by atoms with E-state index in [0.717, 1.165) is 0 Å². The second-order valence-corrected chi connectivity index (χ2v) is 2.29. The van der Waals surface area contributed by atoms with Crippen LogP contribution in [0.25, 0.3) is 0 Å². The minimum Gasteiger partial charge on any atom is -0.508 e. The van der Waals surface area contributed by atoms with Crippen LogP contribution in [0, 0.1) is 4.91 Å². The summed E-state index contributed by atoms with van der Waals surface area (Å²) in [6.45, 7) is 0. The molecule has 0 aliphatic rings. The quantitative estimate of drug-likeness (QED) is 0.725. The van der Waals surface area contributed by atoms with Gasteiger partial charge in [-0.1, -0.05) is 0 Å². The molecule has 0 fully saturated rings. The molecule has 0 atom stereocenters. The van der Waals surface area contributed by atoms with Gasteiger partial charge in [-0.3, -0.25) is 0 Å². The largest absolute Gasteiger partial charge is 0.508 e. The van der Waals surface area contributed by atoms with Crippen molar-refractivity contribution in [3.05, 3.63) is 17.0 Å². The number of methoxy groups -OCH3 is 2. The van der Waals surface area contributed by atoms with Crippen LogP contribution >= 0.6 is 0 Å². The molecule has 1 aromatic rings. The lowest BCUT2D eigenvalue weighted by Crippen LogP contribution is -1.88. The van der Waals surface area contributed by atoms with Crippen LogP contribution in [0.5, 0.6) is 17.2 Å². The summed E-state index contributed by atoms with van der Waals surface area (Å²) in [4.78, 5) is 10.4. The van der Waals surface area contributed by atoms with Crippen LogP contribution in [0.2, 0.25) is 0 Å². The van der Waals surface area contributed by atoms with E-state index in [1.807, 2.05) is 0 Å². The zero-order chi connectivity index (χ0) is 9.84. The maximum Gasteiger partial charge on any atom is 0.191 e. The van der Waals surface area contributed by atoms with E-state index in [1.165, 1.54) is 26.4 Å². The summed E-state index contributed by atoms with van der Waals surface area (Å²) in [6.07, 6.45) is 0. The summed E-state index contributed by atoms with van der Waals surface area (Å²) >= 11 is 0. The lowest BCUT2D eigenvalue weighted by Gasteiger charge is -2.07. The first-order valence-electron chi connectivity index (χ1n) is 3.51. The Hall–Kier alpha value is -1.78. The summed E-state index contributed by atoms with van der Waals surface area (Å²) in [7, 11) is 2.76. The van der Waals surface area contributed by atoms with Crippen molar-refractivity contribution >= 4 is 5.69 Å². The number of benzene rings is 1. The standard InChI is InChI=1S/C8H9NO4/c1-12-6-3-5(10)4-7(13-2)8(6)9-11/h3-4,10H,1-2H3. The second kappa shape index (κ2) is 3.75. The molecule has 0 spiro atoms. The highest BCUT2D eigenvalue weighted by molar-refractivity contribution is 5.64. The van der Waals surface area contributed by atoms with Crippen molar-refractivity contribution in [1.82, 2.24) is 0 Å². The Balaban J connectivity index is 3.33. The van der Waals surface area contributed by atoms with Gasteiger partial charge < -0.3 is 14.6 Å². The van der Waals surface area contributed by atoms with Gasteiger partial charge in [0.05, 0.1) is 14.2 Å². The molecular weight excluding hydrogens is 174 g/mol. The first kappa shape index (κ1) is 9.31. The number of ether oxygens (including phenoxy) is 2. The normalized spacial score (nSPS) is 9.38. The van der Waals surface area contributed by atoms with Gasteiger partial charge in [0.25, 0.3) is 0 Å². The van der Waals surface area contributed by atoms with Crippen molar-refractivity contribution in [2.24, 2.45) is 5.18 Å². The molecule has 13 heavy (non-hydrogen) atoms. The number of nitrogens with zero attached hydrogens (tertiary/aromatic N) is 1. The van der Waals surface area contributed by atoms with E-state index < -0.39 is 0 Å². The fraction of sp³-hybridized carbons (Fsp3) is 0.250. The Morgan fingerprint density at radius 2 is 1.69 bits per heavy atom. The fourth-order valence-corrected chi connectivity index (χ4v) is 0.970. The predicted molar refractivity (Wildman–Crippen MR) is 46.7 cm³/mol. The van der Waals surface area contributed by atoms with Gasteiger partial charge in [0.2, 0.25) is 0 Å². The topological polar surface area (TPSA) is 68.1 Å². The number of phenols is 1. The SMILES string of the molecule is COc1cc(O)cc(OC)c1N=O. The van der Waals surface area contributed by atoms with Gasteiger partial charge in [-0.15, -0.1) is 4.91 Å². The van der Waals surface area contributed by atoms with Crippen molar-refractivity contribution in [2.45, 2.75) is 0 Å². The van der Waals surface area contributed by atoms with Crippen LogP contribution in [-0.2, 0) is 0 Å². The van der Waals surface area contributed by atoms with Crippen molar-refractivity contribution in [2.75, 3.05) is 14.2 Å². The van der Waals surface area contributed by atoms with E-state index in [-0.39, 0.29) is 22.9 Å². The molecule has 0 amide bonds. The Kier molecular flexibility index (Phi) is 2.69. The lowest BCUT2D eigenvalue weighted by molar-refractivity contribution is 0.387. The number of aromatic hydroxyl groups is 1. The van der Waals surface area contributed by atoms with E-state index in [2.05, 4.69) is 5.18 Å². The number of hydrogen-bond acceptors (Lipinski definition) is 5. The van der Waals surface area contributed by atoms with Gasteiger partial charge in [-0.2, -0.15) is 0 Å². The molecule has 5 nitrogen and oxygen atoms in total. The Morgan fingerprint density at radius 1 is 1.23 bits per heavy atom. The van der Waals surface area contributed by atoms with Gasteiger partial charge in [0.1, 0.15) is 5.75 Å². The molecular formula is C8H9NO4. The molecule has 1 N–H and O–H groups in total. The van der Waals surface area contributed by atoms with Gasteiger partial charge in [-0.25, -0.2) is 0 Å². The average Bonchev–Trinajstić information content (AvgIpc) is 2.16. The minimum atomic E-state index is -0.0406. The van der Waals surface area contributed by atoms with Gasteiger partial charge in [0.15, 0.2) is 17.2 Å². The molecule has 0 saturated carbocycles. The first-order chi connectivity index (χ1) is 6.22. The van der Waals surface area contributed by atoms with E-state index >= 15 is 0 Å². The number of rotatable bonds is 3. The molecule has 0 radical (unpaired) electrons. The van der Waals surface area contributed by atoms with Crippen LogP contribution in [-0.4, -0.2) is 19.3 Å².